The zero-order valence-corrected chi connectivity index (χ0v) is 19.9. The van der Waals surface area contributed by atoms with Crippen LogP contribution in [0.3, 0.4) is 0 Å². The van der Waals surface area contributed by atoms with Gasteiger partial charge >= 0.3 is 0 Å². The van der Waals surface area contributed by atoms with Gasteiger partial charge in [-0.2, -0.15) is 4.98 Å². The van der Waals surface area contributed by atoms with Crippen LogP contribution in [0.25, 0.3) is 22.4 Å². The summed E-state index contributed by atoms with van der Waals surface area (Å²) in [4.78, 5) is 11.0. The van der Waals surface area contributed by atoms with E-state index in [1.54, 1.807) is 6.92 Å². The van der Waals surface area contributed by atoms with E-state index < -0.39 is 6.17 Å². The van der Waals surface area contributed by atoms with E-state index in [9.17, 15) is 0 Å². The Morgan fingerprint density at radius 2 is 1.94 bits per heavy atom. The average molecular weight is 472 g/mol. The lowest BCUT2D eigenvalue weighted by atomic mass is 9.97. The Balaban J connectivity index is 1.51. The molecular formula is C25H31F2N5O2. The number of ether oxygens (including phenoxy) is 1. The lowest BCUT2D eigenvalue weighted by Gasteiger charge is -2.39. The number of nitrogens with zero attached hydrogens (tertiary/aromatic N) is 4. The molecule has 0 radical (unpaired) electrons. The zero-order valence-electron chi connectivity index (χ0n) is 19.9. The molecule has 2 aliphatic heterocycles. The summed E-state index contributed by atoms with van der Waals surface area (Å²) in [5.74, 6) is 0.931. The number of aromatic nitrogens is 3. The average Bonchev–Trinajstić information content (AvgIpc) is 3.27. The minimum Gasteiger partial charge on any atom is -0.381 e. The number of hydrogen-bond acceptors (Lipinski definition) is 7. The van der Waals surface area contributed by atoms with Crippen molar-refractivity contribution < 1.29 is 18.0 Å². The first-order chi connectivity index (χ1) is 16.4. The van der Waals surface area contributed by atoms with Crippen LogP contribution in [0.5, 0.6) is 0 Å². The van der Waals surface area contributed by atoms with Crippen molar-refractivity contribution in [1.82, 2.24) is 20.4 Å². The maximum atomic E-state index is 15.4. The maximum Gasteiger partial charge on any atom is 0.261 e. The van der Waals surface area contributed by atoms with Crippen LogP contribution in [-0.4, -0.2) is 59.7 Å². The molecule has 1 N–H and O–H groups in total. The van der Waals surface area contributed by atoms with Gasteiger partial charge in [-0.3, -0.25) is 0 Å². The second kappa shape index (κ2) is 9.54. The summed E-state index contributed by atoms with van der Waals surface area (Å²) in [6.45, 7) is 7.82. The monoisotopic (exact) mass is 471 g/mol. The molecule has 0 unspecified atom stereocenters. The van der Waals surface area contributed by atoms with Crippen LogP contribution in [0.4, 0.5) is 14.6 Å². The first-order valence-corrected chi connectivity index (χ1v) is 12.1. The molecule has 0 bridgehead atoms. The zero-order chi connectivity index (χ0) is 23.8. The molecule has 1 aromatic carbocycles. The van der Waals surface area contributed by atoms with E-state index in [1.165, 1.54) is 6.07 Å². The summed E-state index contributed by atoms with van der Waals surface area (Å²) < 4.78 is 41.4. The lowest BCUT2D eigenvalue weighted by Crippen LogP contribution is -2.54. The van der Waals surface area contributed by atoms with E-state index in [0.29, 0.717) is 61.1 Å². The van der Waals surface area contributed by atoms with Crippen molar-refractivity contribution in [3.05, 3.63) is 34.9 Å². The Labute approximate surface area is 197 Å². The predicted octanol–water partition coefficient (Wildman–Crippen LogP) is 4.29. The quantitative estimate of drug-likeness (QED) is 0.595. The summed E-state index contributed by atoms with van der Waals surface area (Å²) in [5.41, 5.74) is 2.61. The Morgan fingerprint density at radius 1 is 1.15 bits per heavy atom. The Hall–Kier alpha value is -2.65. The molecule has 2 fully saturated rings. The van der Waals surface area contributed by atoms with Crippen LogP contribution < -0.4 is 10.2 Å². The van der Waals surface area contributed by atoms with Gasteiger partial charge < -0.3 is 19.5 Å². The van der Waals surface area contributed by atoms with Crippen LogP contribution in [-0.2, 0) is 11.2 Å². The summed E-state index contributed by atoms with van der Waals surface area (Å²) >= 11 is 0. The van der Waals surface area contributed by atoms with Gasteiger partial charge in [0.1, 0.15) is 23.3 Å². The number of halogens is 2. The highest BCUT2D eigenvalue weighted by molar-refractivity contribution is 5.93. The Kier molecular flexibility index (Phi) is 6.48. The van der Waals surface area contributed by atoms with Crippen LogP contribution >= 0.6 is 0 Å². The van der Waals surface area contributed by atoms with Gasteiger partial charge in [0.25, 0.3) is 5.89 Å². The van der Waals surface area contributed by atoms with E-state index in [4.69, 9.17) is 14.2 Å². The normalized spacial score (nSPS) is 22.0. The fourth-order valence-corrected chi connectivity index (χ4v) is 5.06. The first-order valence-electron chi connectivity index (χ1n) is 12.1. The number of alkyl halides is 1. The predicted molar refractivity (Wildman–Crippen MR) is 126 cm³/mol. The fraction of sp³-hybridized carbons (Fsp3) is 0.560. The van der Waals surface area contributed by atoms with Gasteiger partial charge in [-0.15, -0.1) is 0 Å². The first kappa shape index (κ1) is 23.1. The minimum absolute atomic E-state index is 0.160. The molecule has 0 saturated carbocycles. The number of pyridine rings is 1. The minimum atomic E-state index is -1.08. The number of aryl methyl sites for hydroxylation is 3. The molecule has 3 aromatic rings. The Morgan fingerprint density at radius 3 is 2.62 bits per heavy atom. The molecular weight excluding hydrogens is 440 g/mol. The van der Waals surface area contributed by atoms with E-state index in [2.05, 4.69) is 15.5 Å². The highest BCUT2D eigenvalue weighted by Gasteiger charge is 2.34. The second-order valence-corrected chi connectivity index (χ2v) is 9.32. The van der Waals surface area contributed by atoms with Gasteiger partial charge in [0.05, 0.1) is 12.1 Å². The van der Waals surface area contributed by atoms with Gasteiger partial charge in [-0.25, -0.2) is 13.8 Å². The molecule has 0 aliphatic carbocycles. The molecule has 7 nitrogen and oxygen atoms in total. The van der Waals surface area contributed by atoms with Crippen LogP contribution in [0, 0.1) is 19.7 Å². The second-order valence-electron chi connectivity index (χ2n) is 9.32. The molecule has 182 valence electrons. The van der Waals surface area contributed by atoms with Crippen molar-refractivity contribution in [2.75, 3.05) is 31.2 Å². The molecule has 2 saturated heterocycles. The molecule has 0 amide bonds. The van der Waals surface area contributed by atoms with Crippen molar-refractivity contribution in [3.63, 3.8) is 0 Å². The largest absolute Gasteiger partial charge is 0.381 e. The molecule has 2 aromatic heterocycles. The van der Waals surface area contributed by atoms with E-state index >= 15 is 8.78 Å². The summed E-state index contributed by atoms with van der Waals surface area (Å²) in [7, 11) is 0. The third kappa shape index (κ3) is 4.38. The van der Waals surface area contributed by atoms with Gasteiger partial charge in [-0.05, 0) is 62.8 Å². The summed E-state index contributed by atoms with van der Waals surface area (Å²) in [5, 5.41) is 8.14. The number of fused-ring (bicyclic) bond motifs is 1. The van der Waals surface area contributed by atoms with Crippen molar-refractivity contribution in [2.24, 2.45) is 0 Å². The lowest BCUT2D eigenvalue weighted by molar-refractivity contribution is 0.0684. The summed E-state index contributed by atoms with van der Waals surface area (Å²) in [6.07, 6.45) is 2.05. The molecule has 4 heterocycles. The molecule has 9 heteroatoms. The molecule has 0 spiro atoms. The van der Waals surface area contributed by atoms with Gasteiger partial charge in [-0.1, -0.05) is 12.1 Å². The number of piperidine rings is 1. The number of anilines is 1. The van der Waals surface area contributed by atoms with Crippen LogP contribution in [0.1, 0.15) is 43.1 Å². The third-order valence-corrected chi connectivity index (χ3v) is 7.01. The van der Waals surface area contributed by atoms with E-state index in [1.807, 2.05) is 24.8 Å². The molecule has 2 atom stereocenters. The molecule has 5 rings (SSSR count). The highest BCUT2D eigenvalue weighted by atomic mass is 19.1. The van der Waals surface area contributed by atoms with Crippen LogP contribution in [0.2, 0.25) is 0 Å². The van der Waals surface area contributed by atoms with Crippen molar-refractivity contribution in [1.29, 1.82) is 0 Å². The summed E-state index contributed by atoms with van der Waals surface area (Å²) in [6, 6.07) is 3.54. The third-order valence-electron chi connectivity index (χ3n) is 7.01. The number of hydrogen-bond donors (Lipinski definition) is 1. The number of rotatable bonds is 5. The SMILES string of the molecule is CCc1cc(F)c2nc(N3CC[C@H](NC4CCOCC4)[C@H](F)C3)c(-c3nc(C)no3)c(C)c2c1. The van der Waals surface area contributed by atoms with Crippen molar-refractivity contribution in [2.45, 2.75) is 64.7 Å². The smallest absolute Gasteiger partial charge is 0.261 e. The standard InChI is InChI=1S/C25H31F2N5O2/c1-4-16-11-18-14(2)22(25-28-15(3)31-34-25)24(30-23(18)19(26)12-16)32-8-5-21(20(27)13-32)29-17-6-9-33-10-7-17/h11-12,17,20-21,29H,4-10,13H2,1-3H3/t20-,21+/m1/s1. The molecule has 2 aliphatic rings. The maximum absolute atomic E-state index is 15.4. The van der Waals surface area contributed by atoms with Gasteiger partial charge in [0.15, 0.2) is 5.82 Å². The van der Waals surface area contributed by atoms with Gasteiger partial charge in [0.2, 0.25) is 0 Å². The van der Waals surface area contributed by atoms with E-state index in [-0.39, 0.29) is 30.0 Å². The van der Waals surface area contributed by atoms with E-state index in [0.717, 1.165) is 24.0 Å². The van der Waals surface area contributed by atoms with Crippen LogP contribution in [0.15, 0.2) is 16.7 Å². The fourth-order valence-electron chi connectivity index (χ4n) is 5.06. The Bertz CT molecular complexity index is 1180. The topological polar surface area (TPSA) is 76.3 Å². The van der Waals surface area contributed by atoms with Crippen molar-refractivity contribution >= 4 is 16.7 Å². The van der Waals surface area contributed by atoms with Gasteiger partial charge in [0, 0.05) is 37.2 Å². The number of benzene rings is 1. The molecule has 34 heavy (non-hydrogen) atoms. The van der Waals surface area contributed by atoms with Crippen molar-refractivity contribution in [3.8, 4) is 11.5 Å². The number of nitrogens with one attached hydrogen (secondary N) is 1. The highest BCUT2D eigenvalue weighted by Crippen LogP contribution is 2.38.